The minimum absolute atomic E-state index is 0.322. The number of methoxy groups -OCH3 is 1. The Kier molecular flexibility index (Phi) is 4.92. The average molecular weight is 364 g/mol. The van der Waals surface area contributed by atoms with Crippen LogP contribution in [0, 0.1) is 5.92 Å². The van der Waals surface area contributed by atoms with Crippen molar-refractivity contribution in [2.45, 2.75) is 26.2 Å². The van der Waals surface area contributed by atoms with Crippen molar-refractivity contribution in [2.75, 3.05) is 12.4 Å². The number of amides is 1. The van der Waals surface area contributed by atoms with Crippen molar-refractivity contribution in [3.05, 3.63) is 50.9 Å². The van der Waals surface area contributed by atoms with E-state index in [-0.39, 0.29) is 5.91 Å². The lowest BCUT2D eigenvalue weighted by Crippen LogP contribution is -2.16. The Morgan fingerprint density at radius 1 is 1.33 bits per heavy atom. The summed E-state index contributed by atoms with van der Waals surface area (Å²) >= 11 is 7.55. The minimum Gasteiger partial charge on any atom is -0.465 e. The van der Waals surface area contributed by atoms with Crippen LogP contribution >= 0.6 is 22.9 Å². The van der Waals surface area contributed by atoms with Gasteiger partial charge in [-0.25, -0.2) is 4.79 Å². The van der Waals surface area contributed by atoms with Gasteiger partial charge in [-0.2, -0.15) is 0 Å². The van der Waals surface area contributed by atoms with Gasteiger partial charge < -0.3 is 10.1 Å². The zero-order chi connectivity index (χ0) is 17.3. The smallest absolute Gasteiger partial charge is 0.341 e. The quantitative estimate of drug-likeness (QED) is 0.813. The number of halogens is 1. The number of thiophene rings is 1. The molecule has 0 bridgehead atoms. The molecule has 6 heteroatoms. The van der Waals surface area contributed by atoms with E-state index in [2.05, 4.69) is 12.2 Å². The van der Waals surface area contributed by atoms with Crippen LogP contribution in [-0.2, 0) is 17.6 Å². The van der Waals surface area contributed by atoms with Crippen molar-refractivity contribution in [1.82, 2.24) is 0 Å². The molecule has 3 rings (SSSR count). The molecule has 0 saturated carbocycles. The zero-order valence-electron chi connectivity index (χ0n) is 13.5. The summed E-state index contributed by atoms with van der Waals surface area (Å²) in [7, 11) is 1.36. The van der Waals surface area contributed by atoms with E-state index >= 15 is 0 Å². The minimum atomic E-state index is -0.406. The van der Waals surface area contributed by atoms with Crippen LogP contribution in [0.1, 0.15) is 44.5 Å². The van der Waals surface area contributed by atoms with Crippen LogP contribution in [0.2, 0.25) is 5.02 Å². The fourth-order valence-corrected chi connectivity index (χ4v) is 4.59. The number of anilines is 1. The van der Waals surface area contributed by atoms with Crippen LogP contribution in [0.4, 0.5) is 5.00 Å². The molecule has 0 saturated heterocycles. The van der Waals surface area contributed by atoms with Gasteiger partial charge in [0.1, 0.15) is 5.00 Å². The maximum absolute atomic E-state index is 12.5. The lowest BCUT2D eigenvalue weighted by Gasteiger charge is -2.18. The monoisotopic (exact) mass is 363 g/mol. The second-order valence-corrected chi connectivity index (χ2v) is 7.49. The van der Waals surface area contributed by atoms with Crippen LogP contribution in [0.3, 0.4) is 0 Å². The first-order chi connectivity index (χ1) is 11.5. The summed E-state index contributed by atoms with van der Waals surface area (Å²) in [6, 6.07) is 6.84. The van der Waals surface area contributed by atoms with Gasteiger partial charge in [0.15, 0.2) is 0 Å². The van der Waals surface area contributed by atoms with Gasteiger partial charge in [-0.15, -0.1) is 11.3 Å². The molecule has 2 aromatic rings. The number of ether oxygens (including phenoxy) is 1. The molecule has 0 fully saturated rings. The molecule has 1 aliphatic carbocycles. The average Bonchev–Trinajstić information content (AvgIpc) is 2.91. The van der Waals surface area contributed by atoms with Gasteiger partial charge in [0, 0.05) is 4.88 Å². The summed E-state index contributed by atoms with van der Waals surface area (Å²) in [5.74, 6) is -0.150. The molecule has 1 heterocycles. The van der Waals surface area contributed by atoms with Crippen LogP contribution in [0.5, 0.6) is 0 Å². The lowest BCUT2D eigenvalue weighted by molar-refractivity contribution is 0.0601. The van der Waals surface area contributed by atoms with Crippen molar-refractivity contribution in [3.63, 3.8) is 0 Å². The molecule has 24 heavy (non-hydrogen) atoms. The van der Waals surface area contributed by atoms with Gasteiger partial charge in [0.25, 0.3) is 5.91 Å². The highest BCUT2D eigenvalue weighted by Gasteiger charge is 2.29. The second kappa shape index (κ2) is 6.95. The SMILES string of the molecule is COC(=O)c1c(NC(=O)c2ccccc2Cl)sc2c1CC[C@@H](C)C2. The lowest BCUT2D eigenvalue weighted by atomic mass is 9.88. The van der Waals surface area contributed by atoms with E-state index in [1.54, 1.807) is 24.3 Å². The first-order valence-electron chi connectivity index (χ1n) is 7.80. The van der Waals surface area contributed by atoms with Gasteiger partial charge in [-0.3, -0.25) is 4.79 Å². The van der Waals surface area contributed by atoms with Gasteiger partial charge in [-0.1, -0.05) is 30.7 Å². The molecule has 1 aromatic carbocycles. The van der Waals surface area contributed by atoms with Crippen molar-refractivity contribution in [1.29, 1.82) is 0 Å². The standard InChI is InChI=1S/C18H18ClNO3S/c1-10-7-8-12-14(9-10)24-17(15(12)18(22)23-2)20-16(21)11-5-3-4-6-13(11)19/h3-6,10H,7-9H2,1-2H3,(H,20,21)/t10-/m1/s1. The number of carbonyl (C=O) groups is 2. The number of benzene rings is 1. The topological polar surface area (TPSA) is 55.4 Å². The number of carbonyl (C=O) groups excluding carboxylic acids is 2. The van der Waals surface area contributed by atoms with Crippen LogP contribution < -0.4 is 5.32 Å². The van der Waals surface area contributed by atoms with Crippen molar-refractivity contribution >= 4 is 39.8 Å². The van der Waals surface area contributed by atoms with E-state index in [1.165, 1.54) is 18.4 Å². The third-order valence-electron chi connectivity index (χ3n) is 4.25. The number of esters is 1. The molecule has 1 aromatic heterocycles. The summed E-state index contributed by atoms with van der Waals surface area (Å²) in [5, 5.41) is 3.78. The molecule has 0 radical (unpaired) electrons. The summed E-state index contributed by atoms with van der Waals surface area (Å²) in [6.07, 6.45) is 2.79. The predicted octanol–water partition coefficient (Wildman–Crippen LogP) is 4.57. The largest absolute Gasteiger partial charge is 0.465 e. The summed E-state index contributed by atoms with van der Waals surface area (Å²) < 4.78 is 4.93. The molecular formula is C18H18ClNO3S. The summed E-state index contributed by atoms with van der Waals surface area (Å²) in [4.78, 5) is 25.9. The molecule has 4 nitrogen and oxygen atoms in total. The number of rotatable bonds is 3. The maximum atomic E-state index is 12.5. The van der Waals surface area contributed by atoms with Gasteiger partial charge in [-0.05, 0) is 42.9 Å². The molecular weight excluding hydrogens is 346 g/mol. The maximum Gasteiger partial charge on any atom is 0.341 e. The number of fused-ring (bicyclic) bond motifs is 1. The molecule has 1 atom stereocenters. The molecule has 1 aliphatic rings. The third kappa shape index (κ3) is 3.19. The fourth-order valence-electron chi connectivity index (χ4n) is 2.97. The predicted molar refractivity (Wildman–Crippen MR) is 96.3 cm³/mol. The Hall–Kier alpha value is -1.85. The number of hydrogen-bond donors (Lipinski definition) is 1. The molecule has 1 amide bonds. The van der Waals surface area contributed by atoms with Gasteiger partial charge >= 0.3 is 5.97 Å². The van der Waals surface area contributed by atoms with E-state index in [9.17, 15) is 9.59 Å². The third-order valence-corrected chi connectivity index (χ3v) is 5.75. The summed E-state index contributed by atoms with van der Waals surface area (Å²) in [6.45, 7) is 2.20. The zero-order valence-corrected chi connectivity index (χ0v) is 15.1. The molecule has 0 aliphatic heterocycles. The molecule has 0 spiro atoms. The fraction of sp³-hybridized carbons (Fsp3) is 0.333. The first kappa shape index (κ1) is 17.0. The summed E-state index contributed by atoms with van der Waals surface area (Å²) in [5.41, 5.74) is 1.89. The van der Waals surface area contributed by atoms with Crippen molar-refractivity contribution < 1.29 is 14.3 Å². The van der Waals surface area contributed by atoms with E-state index in [1.807, 2.05) is 0 Å². The highest BCUT2D eigenvalue weighted by Crippen LogP contribution is 2.40. The Morgan fingerprint density at radius 3 is 2.79 bits per heavy atom. The van der Waals surface area contributed by atoms with E-state index in [0.29, 0.717) is 27.1 Å². The highest BCUT2D eigenvalue weighted by molar-refractivity contribution is 7.17. The number of nitrogens with one attached hydrogen (secondary N) is 1. The van der Waals surface area contributed by atoms with Gasteiger partial charge in [0.05, 0.1) is 23.3 Å². The normalized spacial score (nSPS) is 16.4. The Morgan fingerprint density at radius 2 is 2.08 bits per heavy atom. The van der Waals surface area contributed by atoms with Crippen LogP contribution in [-0.4, -0.2) is 19.0 Å². The van der Waals surface area contributed by atoms with Crippen molar-refractivity contribution in [3.8, 4) is 0 Å². The van der Waals surface area contributed by atoms with Crippen molar-refractivity contribution in [2.24, 2.45) is 5.92 Å². The highest BCUT2D eigenvalue weighted by atomic mass is 35.5. The van der Waals surface area contributed by atoms with Crippen LogP contribution in [0.25, 0.3) is 0 Å². The molecule has 0 unspecified atom stereocenters. The first-order valence-corrected chi connectivity index (χ1v) is 8.99. The molecule has 1 N–H and O–H groups in total. The Balaban J connectivity index is 1.97. The second-order valence-electron chi connectivity index (χ2n) is 5.98. The van der Waals surface area contributed by atoms with Crippen LogP contribution in [0.15, 0.2) is 24.3 Å². The van der Waals surface area contributed by atoms with E-state index < -0.39 is 5.97 Å². The van der Waals surface area contributed by atoms with Gasteiger partial charge in [0.2, 0.25) is 0 Å². The van der Waals surface area contributed by atoms with E-state index in [0.717, 1.165) is 29.7 Å². The Bertz CT molecular complexity index is 800. The Labute approximate surface area is 149 Å². The van der Waals surface area contributed by atoms with E-state index in [4.69, 9.17) is 16.3 Å². The molecule has 126 valence electrons. The number of hydrogen-bond acceptors (Lipinski definition) is 4.